The van der Waals surface area contributed by atoms with Crippen molar-refractivity contribution in [1.29, 1.82) is 0 Å². The van der Waals surface area contributed by atoms with E-state index in [4.69, 9.17) is 4.74 Å². The first-order chi connectivity index (χ1) is 23.4. The van der Waals surface area contributed by atoms with E-state index in [9.17, 15) is 4.79 Å². The molecule has 7 nitrogen and oxygen atoms in total. The number of aromatic nitrogens is 2. The number of hydrogen-bond acceptors (Lipinski definition) is 7. The lowest BCUT2D eigenvalue weighted by atomic mass is 9.59. The number of allylic oxidation sites excluding steroid dienone is 1. The van der Waals surface area contributed by atoms with Crippen LogP contribution in [0.1, 0.15) is 79.9 Å². The fourth-order valence-corrected chi connectivity index (χ4v) is 9.72. The minimum absolute atomic E-state index is 0.371. The van der Waals surface area contributed by atoms with Crippen LogP contribution in [-0.2, 0) is 0 Å². The number of hydrogen-bond donors (Lipinski definition) is 1. The van der Waals surface area contributed by atoms with Gasteiger partial charge in [-0.2, -0.15) is 0 Å². The Balaban J connectivity index is 0.945. The maximum absolute atomic E-state index is 11.9. The van der Waals surface area contributed by atoms with E-state index in [1.165, 1.54) is 36.8 Å². The van der Waals surface area contributed by atoms with Crippen molar-refractivity contribution in [3.05, 3.63) is 95.8 Å². The van der Waals surface area contributed by atoms with Crippen molar-refractivity contribution >= 4 is 35.0 Å². The quantitative estimate of drug-likeness (QED) is 0.109. The number of H-pyrrole nitrogens is 1. The number of nitrogens with zero attached hydrogens (tertiary/aromatic N) is 4. The summed E-state index contributed by atoms with van der Waals surface area (Å²) in [5.41, 5.74) is 5.87. The number of pyridine rings is 1. The molecule has 2 saturated heterocycles. The number of aldehydes is 1. The third kappa shape index (κ3) is 6.19. The van der Waals surface area contributed by atoms with Gasteiger partial charge in [-0.15, -0.1) is 0 Å². The molecule has 1 N–H and O–H groups in total. The van der Waals surface area contributed by atoms with Gasteiger partial charge in [0.2, 0.25) is 0 Å². The van der Waals surface area contributed by atoms with E-state index < -0.39 is 0 Å². The zero-order chi connectivity index (χ0) is 32.8. The van der Waals surface area contributed by atoms with Gasteiger partial charge in [0, 0.05) is 78.8 Å². The molecule has 1 spiro atoms. The summed E-state index contributed by atoms with van der Waals surface area (Å²) in [6.45, 7) is 12.4. The Morgan fingerprint density at radius 1 is 1.04 bits per heavy atom. The molecule has 48 heavy (non-hydrogen) atoms. The van der Waals surface area contributed by atoms with Crippen LogP contribution in [0.2, 0.25) is 0 Å². The van der Waals surface area contributed by atoms with Crippen LogP contribution >= 0.6 is 11.9 Å². The van der Waals surface area contributed by atoms with Crippen LogP contribution < -0.4 is 9.64 Å². The Morgan fingerprint density at radius 3 is 2.69 bits per heavy atom. The number of anilines is 1. The smallest absolute Gasteiger partial charge is 0.153 e. The van der Waals surface area contributed by atoms with Crippen molar-refractivity contribution in [3.63, 3.8) is 0 Å². The number of nitrogens with one attached hydrogen (secondary N) is 1. The van der Waals surface area contributed by atoms with Crippen molar-refractivity contribution in [2.45, 2.75) is 69.7 Å². The fraction of sp³-hybridized carbons (Fsp3) is 0.450. The molecule has 8 heteroatoms. The molecule has 2 aliphatic carbocycles. The van der Waals surface area contributed by atoms with Crippen molar-refractivity contribution in [2.75, 3.05) is 37.6 Å². The van der Waals surface area contributed by atoms with E-state index in [1.54, 1.807) is 6.20 Å². The van der Waals surface area contributed by atoms with E-state index in [0.717, 1.165) is 55.7 Å². The number of fused-ring (bicyclic) bond motifs is 1. The van der Waals surface area contributed by atoms with Gasteiger partial charge < -0.3 is 14.6 Å². The molecule has 0 amide bonds. The van der Waals surface area contributed by atoms with Gasteiger partial charge in [-0.3, -0.25) is 9.69 Å². The Kier molecular flexibility index (Phi) is 8.60. The highest BCUT2D eigenvalue weighted by molar-refractivity contribution is 7.97. The average molecular weight is 662 g/mol. The lowest BCUT2D eigenvalue weighted by Gasteiger charge is -2.63. The van der Waals surface area contributed by atoms with Crippen LogP contribution in [0.3, 0.4) is 0 Å². The first-order valence-corrected chi connectivity index (χ1v) is 18.6. The topological polar surface area (TPSA) is 64.7 Å². The number of piperazine rings is 1. The molecule has 1 saturated carbocycles. The molecule has 250 valence electrons. The fourth-order valence-electron chi connectivity index (χ4n) is 8.52. The van der Waals surface area contributed by atoms with Crippen LogP contribution in [0.5, 0.6) is 11.5 Å². The first kappa shape index (κ1) is 31.7. The number of carbonyl (C=O) groups excluding carboxylic acids is 1. The van der Waals surface area contributed by atoms with Crippen molar-refractivity contribution < 1.29 is 9.53 Å². The molecular formula is C40H47N5O2S. The number of ether oxygens (including phenoxy) is 1. The lowest BCUT2D eigenvalue weighted by molar-refractivity contribution is -0.0535. The van der Waals surface area contributed by atoms with E-state index in [2.05, 4.69) is 99.3 Å². The Morgan fingerprint density at radius 2 is 1.90 bits per heavy atom. The summed E-state index contributed by atoms with van der Waals surface area (Å²) in [5, 5.41) is 1.58. The molecule has 2 aromatic carbocycles. The molecule has 0 radical (unpaired) electrons. The third-order valence-corrected chi connectivity index (χ3v) is 12.5. The molecule has 8 rings (SSSR count). The van der Waals surface area contributed by atoms with Gasteiger partial charge in [-0.05, 0) is 72.9 Å². The highest BCUT2D eigenvalue weighted by atomic mass is 32.2. The van der Waals surface area contributed by atoms with Gasteiger partial charge in [0.1, 0.15) is 17.1 Å². The largest absolute Gasteiger partial charge is 0.455 e. The number of aromatic amines is 1. The average Bonchev–Trinajstić information content (AvgIpc) is 3.53. The molecule has 3 unspecified atom stereocenters. The molecule has 4 heterocycles. The number of carbonyl (C=O) groups is 1. The van der Waals surface area contributed by atoms with Gasteiger partial charge in [0.25, 0.3) is 0 Å². The van der Waals surface area contributed by atoms with Crippen LogP contribution in [-0.4, -0.2) is 69.5 Å². The summed E-state index contributed by atoms with van der Waals surface area (Å²) in [4.78, 5) is 24.8. The summed E-state index contributed by atoms with van der Waals surface area (Å²) in [7, 11) is 0. The summed E-state index contributed by atoms with van der Waals surface area (Å²) >= 11 is 2.09. The normalized spacial score (nSPS) is 24.6. The van der Waals surface area contributed by atoms with Gasteiger partial charge in [-0.25, -0.2) is 9.29 Å². The standard InChI is InChI=1S/C40H47N5O2S/c1-27(2)35-6-4-5-7-36(35)37-23-44(48-34-12-8-28(3)9-13-34)16-17-45(37)32-20-40(21-32)25-43(26-40)31-11-10-30(24-46)38(19-31)47-33-18-29-14-15-41-39(29)42-22-33/h4-8,10-12,14-15,18-19,22,24,27-28,32,34,37H,9,13,16-17,20-21,23,25-26H2,1-3H3,(H,41,42). The zero-order valence-electron chi connectivity index (χ0n) is 28.3. The van der Waals surface area contributed by atoms with Gasteiger partial charge in [-0.1, -0.05) is 69.1 Å². The molecule has 4 aliphatic rings. The lowest BCUT2D eigenvalue weighted by Crippen LogP contribution is -2.68. The van der Waals surface area contributed by atoms with E-state index in [0.29, 0.717) is 51.6 Å². The molecule has 4 aromatic rings. The summed E-state index contributed by atoms with van der Waals surface area (Å²) < 4.78 is 8.90. The molecule has 2 aliphatic heterocycles. The van der Waals surface area contributed by atoms with Gasteiger partial charge in [0.05, 0.1) is 11.8 Å². The van der Waals surface area contributed by atoms with E-state index in [-0.39, 0.29) is 0 Å². The highest BCUT2D eigenvalue weighted by Gasteiger charge is 2.55. The SMILES string of the molecule is CC1C=CC(SN2CCN(C3CC4(C3)CN(c3ccc(C=O)c(Oc5cnc6[nH]ccc6c5)c3)C4)C(c3ccccc3C(C)C)C2)CC1. The van der Waals surface area contributed by atoms with Crippen LogP contribution in [0.15, 0.2) is 79.1 Å². The number of rotatable bonds is 9. The first-order valence-electron chi connectivity index (χ1n) is 17.8. The highest BCUT2D eigenvalue weighted by Crippen LogP contribution is 2.54. The predicted octanol–water partition coefficient (Wildman–Crippen LogP) is 8.62. The van der Waals surface area contributed by atoms with E-state index >= 15 is 0 Å². The molecule has 3 fully saturated rings. The van der Waals surface area contributed by atoms with Crippen molar-refractivity contribution in [2.24, 2.45) is 11.3 Å². The second-order valence-electron chi connectivity index (χ2n) is 15.0. The maximum Gasteiger partial charge on any atom is 0.153 e. The zero-order valence-corrected chi connectivity index (χ0v) is 29.2. The molecule has 0 bridgehead atoms. The van der Waals surface area contributed by atoms with Crippen LogP contribution in [0.4, 0.5) is 5.69 Å². The molecule has 2 aromatic heterocycles. The minimum Gasteiger partial charge on any atom is -0.455 e. The van der Waals surface area contributed by atoms with E-state index in [1.807, 2.05) is 30.5 Å². The van der Waals surface area contributed by atoms with Crippen molar-refractivity contribution in [3.8, 4) is 11.5 Å². The Labute approximate surface area is 288 Å². The van der Waals surface area contributed by atoms with Crippen LogP contribution in [0.25, 0.3) is 11.0 Å². The summed E-state index contributed by atoms with van der Waals surface area (Å²) in [6, 6.07) is 20.1. The summed E-state index contributed by atoms with van der Waals surface area (Å²) in [5.74, 6) is 2.43. The van der Waals surface area contributed by atoms with Gasteiger partial charge >= 0.3 is 0 Å². The molecular weight excluding hydrogens is 615 g/mol. The Bertz CT molecular complexity index is 1800. The maximum atomic E-state index is 11.9. The monoisotopic (exact) mass is 661 g/mol. The van der Waals surface area contributed by atoms with Crippen LogP contribution in [0, 0.1) is 11.3 Å². The Hall–Kier alpha value is -3.59. The van der Waals surface area contributed by atoms with Crippen molar-refractivity contribution in [1.82, 2.24) is 19.2 Å². The second kappa shape index (κ2) is 13.0. The minimum atomic E-state index is 0.371. The number of benzene rings is 2. The van der Waals surface area contributed by atoms with Gasteiger partial charge in [0.15, 0.2) is 6.29 Å². The molecule has 3 atom stereocenters. The third-order valence-electron chi connectivity index (χ3n) is 11.2. The summed E-state index contributed by atoms with van der Waals surface area (Å²) in [6.07, 6.45) is 14.4. The predicted molar refractivity (Wildman–Crippen MR) is 196 cm³/mol. The second-order valence-corrected chi connectivity index (χ2v) is 16.3.